The number of allylic oxidation sites excluding steroid dienone is 4. The molecule has 28 heavy (non-hydrogen) atoms. The second-order valence-electron chi connectivity index (χ2n) is 10.7. The zero-order valence-corrected chi connectivity index (χ0v) is 26.1. The molecule has 0 heterocycles. The molecule has 0 aliphatic rings. The van der Waals surface area contributed by atoms with E-state index in [1.807, 2.05) is 83.1 Å². The van der Waals surface area contributed by atoms with Gasteiger partial charge in [-0.05, 0) is 23.0 Å². The summed E-state index contributed by atoms with van der Waals surface area (Å²) in [6, 6.07) is 0. The van der Waals surface area contributed by atoms with Crippen molar-refractivity contribution in [2.75, 3.05) is 0 Å². The summed E-state index contributed by atoms with van der Waals surface area (Å²) in [4.78, 5) is 22.9. The quantitative estimate of drug-likeness (QED) is 0.331. The summed E-state index contributed by atoms with van der Waals surface area (Å²) in [5.74, 6) is -0.417. The maximum atomic E-state index is 11.4. The van der Waals surface area contributed by atoms with E-state index in [1.54, 1.807) is 0 Å². The summed E-state index contributed by atoms with van der Waals surface area (Å²) in [6.07, 6.45) is 2.44. The van der Waals surface area contributed by atoms with Gasteiger partial charge in [0.2, 0.25) is 0 Å². The van der Waals surface area contributed by atoms with Crippen LogP contribution in [0.4, 0.5) is 0 Å². The van der Waals surface area contributed by atoms with Crippen molar-refractivity contribution in [3.8, 4) is 0 Å². The Hall–Kier alpha value is -0.333. The maximum Gasteiger partial charge on any atom is 2.00 e. The van der Waals surface area contributed by atoms with E-state index in [0.717, 1.165) is 0 Å². The van der Waals surface area contributed by atoms with Crippen LogP contribution in [-0.4, -0.2) is 11.6 Å². The van der Waals surface area contributed by atoms with Gasteiger partial charge in [-0.2, -0.15) is 0 Å². The van der Waals surface area contributed by atoms with Gasteiger partial charge in [-0.25, -0.2) is 0 Å². The Morgan fingerprint density at radius 3 is 0.786 bits per heavy atom. The topological polar surface area (TPSA) is 80.3 Å². The van der Waals surface area contributed by atoms with Crippen LogP contribution in [0.15, 0.2) is 23.7 Å². The molecule has 0 radical (unpaired) electrons. The first kappa shape index (κ1) is 35.1. The molecule has 0 aromatic carbocycles. The van der Waals surface area contributed by atoms with Crippen molar-refractivity contribution in [3.05, 3.63) is 23.7 Å². The fraction of sp³-hybridized carbons (Fsp3) is 0.727. The molecule has 6 heteroatoms. The number of ketones is 2. The zero-order valence-electron chi connectivity index (χ0n) is 20.2. The van der Waals surface area contributed by atoms with Gasteiger partial charge in [0.25, 0.3) is 0 Å². The van der Waals surface area contributed by atoms with E-state index in [-0.39, 0.29) is 62.0 Å². The molecule has 152 valence electrons. The summed E-state index contributed by atoms with van der Waals surface area (Å²) in [7, 11) is 0. The Morgan fingerprint density at radius 1 is 0.500 bits per heavy atom. The predicted octanol–water partition coefficient (Wildman–Crippen LogP) is 3.78. The Labute approximate surface area is 198 Å². The van der Waals surface area contributed by atoms with Crippen LogP contribution in [0.5, 0.6) is 0 Å². The molecule has 0 aromatic heterocycles. The minimum atomic E-state index is -0.457. The van der Waals surface area contributed by atoms with Crippen molar-refractivity contribution in [2.24, 2.45) is 21.7 Å². The van der Waals surface area contributed by atoms with Crippen LogP contribution in [0.3, 0.4) is 0 Å². The molecule has 0 bridgehead atoms. The standard InChI is InChI=1S/2C11H20O2.2Zn/c2*1-10(2,3)8(12)7-9(13)11(4,5)6;;/h2*7,12H,1-6H3;;/q;;2*+2/p-2/b2*8-7+;;. The summed E-state index contributed by atoms with van der Waals surface area (Å²) < 4.78 is 0. The molecular formula is C22H38O4Zn2+2. The van der Waals surface area contributed by atoms with Gasteiger partial charge >= 0.3 is 39.0 Å². The summed E-state index contributed by atoms with van der Waals surface area (Å²) in [5, 5.41) is 22.9. The molecule has 0 aliphatic carbocycles. The first-order valence-electron chi connectivity index (χ1n) is 8.97. The van der Waals surface area contributed by atoms with Crippen LogP contribution in [0.2, 0.25) is 0 Å². The predicted molar refractivity (Wildman–Crippen MR) is 104 cm³/mol. The molecule has 0 amide bonds. The Balaban J connectivity index is -0.000000192. The van der Waals surface area contributed by atoms with Crippen molar-refractivity contribution >= 4 is 11.6 Å². The van der Waals surface area contributed by atoms with Crippen LogP contribution in [0.25, 0.3) is 0 Å². The number of carbonyl (C=O) groups excluding carboxylic acids is 2. The molecule has 0 aliphatic heterocycles. The third kappa shape index (κ3) is 15.6. The molecular weight excluding hydrogens is 459 g/mol. The Morgan fingerprint density at radius 2 is 0.679 bits per heavy atom. The number of carbonyl (C=O) groups is 2. The van der Waals surface area contributed by atoms with Gasteiger partial charge in [0, 0.05) is 10.8 Å². The van der Waals surface area contributed by atoms with Crippen molar-refractivity contribution in [1.82, 2.24) is 0 Å². The molecule has 0 fully saturated rings. The van der Waals surface area contributed by atoms with Gasteiger partial charge < -0.3 is 10.2 Å². The van der Waals surface area contributed by atoms with E-state index in [2.05, 4.69) is 0 Å². The van der Waals surface area contributed by atoms with Gasteiger partial charge in [0.1, 0.15) is 0 Å². The SMILES string of the molecule is CC(C)(C)C(=O)/C=C(/[O-])C(C)(C)C.CC(C)(C)C(=O)/C=C(/[O-])C(C)(C)C.[Zn+2].[Zn+2]. The third-order valence-electron chi connectivity index (χ3n) is 3.48. The summed E-state index contributed by atoms with van der Waals surface area (Å²) in [5.41, 5.74) is -1.83. The van der Waals surface area contributed by atoms with Gasteiger partial charge in [0.05, 0.1) is 0 Å². The minimum Gasteiger partial charge on any atom is -0.875 e. The van der Waals surface area contributed by atoms with Crippen molar-refractivity contribution < 1.29 is 58.8 Å². The van der Waals surface area contributed by atoms with Crippen LogP contribution < -0.4 is 10.2 Å². The average Bonchev–Trinajstić information content (AvgIpc) is 2.34. The van der Waals surface area contributed by atoms with Gasteiger partial charge in [0.15, 0.2) is 11.6 Å². The third-order valence-corrected chi connectivity index (χ3v) is 3.48. The van der Waals surface area contributed by atoms with Crippen molar-refractivity contribution in [2.45, 2.75) is 83.1 Å². The zero-order chi connectivity index (χ0) is 21.7. The molecule has 0 saturated carbocycles. The van der Waals surface area contributed by atoms with E-state index < -0.39 is 21.7 Å². The fourth-order valence-corrected chi connectivity index (χ4v) is 1.10. The number of hydrogen-bond donors (Lipinski definition) is 0. The van der Waals surface area contributed by atoms with E-state index in [9.17, 15) is 19.8 Å². The van der Waals surface area contributed by atoms with Gasteiger partial charge in [-0.15, -0.1) is 11.5 Å². The van der Waals surface area contributed by atoms with Crippen LogP contribution in [0.1, 0.15) is 83.1 Å². The molecule has 4 nitrogen and oxygen atoms in total. The normalized spacial score (nSPS) is 13.4. The maximum absolute atomic E-state index is 11.4. The smallest absolute Gasteiger partial charge is 0.875 e. The van der Waals surface area contributed by atoms with Crippen LogP contribution in [0, 0.1) is 21.7 Å². The van der Waals surface area contributed by atoms with Gasteiger partial charge in [-0.3, -0.25) is 9.59 Å². The van der Waals surface area contributed by atoms with E-state index >= 15 is 0 Å². The van der Waals surface area contributed by atoms with E-state index in [1.165, 1.54) is 12.2 Å². The monoisotopic (exact) mass is 494 g/mol. The van der Waals surface area contributed by atoms with E-state index in [0.29, 0.717) is 0 Å². The summed E-state index contributed by atoms with van der Waals surface area (Å²) >= 11 is 0. The molecule has 0 atom stereocenters. The van der Waals surface area contributed by atoms with Crippen molar-refractivity contribution in [1.29, 1.82) is 0 Å². The minimum absolute atomic E-state index is 0. The number of rotatable bonds is 2. The number of hydrogen-bond acceptors (Lipinski definition) is 4. The average molecular weight is 497 g/mol. The van der Waals surface area contributed by atoms with Crippen molar-refractivity contribution in [3.63, 3.8) is 0 Å². The van der Waals surface area contributed by atoms with Crippen LogP contribution >= 0.6 is 0 Å². The summed E-state index contributed by atoms with van der Waals surface area (Å²) in [6.45, 7) is 21.7. The Bertz CT molecular complexity index is 509. The fourth-order valence-electron chi connectivity index (χ4n) is 1.10. The first-order chi connectivity index (χ1) is 11.1. The Kier molecular flexibility index (Phi) is 15.5. The second-order valence-corrected chi connectivity index (χ2v) is 10.7. The van der Waals surface area contributed by atoms with Crippen LogP contribution in [-0.2, 0) is 48.5 Å². The largest absolute Gasteiger partial charge is 2.00 e. The molecule has 0 unspecified atom stereocenters. The molecule has 0 saturated heterocycles. The molecule has 0 spiro atoms. The molecule has 0 aromatic rings. The molecule has 0 rings (SSSR count). The first-order valence-corrected chi connectivity index (χ1v) is 8.97. The van der Waals surface area contributed by atoms with Gasteiger partial charge in [-0.1, -0.05) is 83.1 Å². The molecule has 0 N–H and O–H groups in total. The van der Waals surface area contributed by atoms with E-state index in [4.69, 9.17) is 0 Å². The second kappa shape index (κ2) is 12.4.